The van der Waals surface area contributed by atoms with Crippen LogP contribution in [0.4, 0.5) is 22.0 Å². The summed E-state index contributed by atoms with van der Waals surface area (Å²) >= 11 is 0. The van der Waals surface area contributed by atoms with Crippen LogP contribution in [0, 0.1) is 18.6 Å². The number of phenolic OH excluding ortho intramolecular Hbond substituents is 1. The summed E-state index contributed by atoms with van der Waals surface area (Å²) in [5.74, 6) is -5.94. The van der Waals surface area contributed by atoms with Crippen LogP contribution in [0.5, 0.6) is 5.75 Å². The average molecular weight is 465 g/mol. The van der Waals surface area contributed by atoms with Crippen molar-refractivity contribution in [3.05, 3.63) is 53.2 Å². The number of benzene rings is 2. The zero-order valence-corrected chi connectivity index (χ0v) is 16.5. The molecule has 0 aliphatic rings. The van der Waals surface area contributed by atoms with E-state index in [9.17, 15) is 31.9 Å². The van der Waals surface area contributed by atoms with E-state index < -0.39 is 35.4 Å². The van der Waals surface area contributed by atoms with E-state index in [1.54, 1.807) is 6.92 Å². The summed E-state index contributed by atoms with van der Waals surface area (Å²) in [6.45, 7) is 1.56. The molecule has 0 aliphatic heterocycles. The lowest BCUT2D eigenvalue weighted by Gasteiger charge is -2.11. The molecule has 2 heterocycles. The maximum Gasteiger partial charge on any atom is 0.493 e. The van der Waals surface area contributed by atoms with Gasteiger partial charge in [0.15, 0.2) is 23.0 Å². The van der Waals surface area contributed by atoms with Gasteiger partial charge in [-0.25, -0.2) is 18.6 Å². The molecular formula is C20H12F5N5O3. The van der Waals surface area contributed by atoms with E-state index in [2.05, 4.69) is 25.2 Å². The summed E-state index contributed by atoms with van der Waals surface area (Å²) in [6.07, 6.45) is -5.24. The lowest BCUT2D eigenvalue weighted by atomic mass is 9.99. The Morgan fingerprint density at radius 1 is 1.15 bits per heavy atom. The molecule has 0 spiro atoms. The van der Waals surface area contributed by atoms with Gasteiger partial charge in [-0.05, 0) is 6.92 Å². The molecule has 0 aliphatic carbocycles. The number of H-pyrrole nitrogens is 1. The first kappa shape index (κ1) is 21.9. The first-order chi connectivity index (χ1) is 15.5. The predicted octanol–water partition coefficient (Wildman–Crippen LogP) is 3.80. The van der Waals surface area contributed by atoms with Crippen molar-refractivity contribution in [2.45, 2.75) is 13.1 Å². The molecule has 13 heteroatoms. The van der Waals surface area contributed by atoms with Crippen LogP contribution in [0.3, 0.4) is 0 Å². The van der Waals surface area contributed by atoms with E-state index >= 15 is 0 Å². The third kappa shape index (κ3) is 3.77. The van der Waals surface area contributed by atoms with E-state index in [0.717, 1.165) is 0 Å². The van der Waals surface area contributed by atoms with Crippen molar-refractivity contribution < 1.29 is 36.7 Å². The third-order valence-electron chi connectivity index (χ3n) is 4.75. The monoisotopic (exact) mass is 465 g/mol. The number of aryl methyl sites for hydroxylation is 1. The van der Waals surface area contributed by atoms with E-state index in [1.165, 1.54) is 24.3 Å². The highest BCUT2D eigenvalue weighted by Crippen LogP contribution is 2.39. The van der Waals surface area contributed by atoms with Crippen LogP contribution in [0.1, 0.15) is 11.3 Å². The summed E-state index contributed by atoms with van der Waals surface area (Å²) in [7, 11) is 0. The summed E-state index contributed by atoms with van der Waals surface area (Å²) in [6, 6.07) is 5.99. The number of pyridine rings is 1. The first-order valence-corrected chi connectivity index (χ1v) is 9.06. The number of aromatic hydroxyl groups is 1. The normalized spacial score (nSPS) is 12.5. The number of hydrogen-bond acceptors (Lipinski definition) is 6. The SMILES string of the molecule is Cc1n[nH]c2nc(-c3ccc(C(N)=NOC(=O)C(F)(F)F)cc3)c3c(F)cc(O)c(F)c3c12. The summed E-state index contributed by atoms with van der Waals surface area (Å²) in [4.78, 5) is 18.8. The van der Waals surface area contributed by atoms with Gasteiger partial charge in [0.2, 0.25) is 0 Å². The number of rotatable bonds is 3. The number of hydrogen-bond donors (Lipinski definition) is 3. The lowest BCUT2D eigenvalue weighted by molar-refractivity contribution is -0.199. The Hall–Kier alpha value is -4.29. The Morgan fingerprint density at radius 3 is 2.45 bits per heavy atom. The van der Waals surface area contributed by atoms with Crippen molar-refractivity contribution in [3.8, 4) is 17.0 Å². The lowest BCUT2D eigenvalue weighted by Crippen LogP contribution is -2.25. The number of fused-ring (bicyclic) bond motifs is 3. The summed E-state index contributed by atoms with van der Waals surface area (Å²) in [5, 5.41) is 19.1. The van der Waals surface area contributed by atoms with Crippen LogP contribution in [0.2, 0.25) is 0 Å². The first-order valence-electron chi connectivity index (χ1n) is 9.06. The van der Waals surface area contributed by atoms with Gasteiger partial charge in [-0.3, -0.25) is 5.10 Å². The molecule has 0 bridgehead atoms. The van der Waals surface area contributed by atoms with Crippen LogP contribution in [-0.4, -0.2) is 38.3 Å². The van der Waals surface area contributed by atoms with E-state index in [1.807, 2.05) is 0 Å². The maximum atomic E-state index is 14.8. The van der Waals surface area contributed by atoms with Crippen molar-refractivity contribution in [1.29, 1.82) is 0 Å². The minimum atomic E-state index is -5.24. The Labute approximate surface area is 180 Å². The van der Waals surface area contributed by atoms with Crippen molar-refractivity contribution in [2.75, 3.05) is 0 Å². The number of alkyl halides is 3. The number of aromatic nitrogens is 3. The molecule has 0 fully saturated rings. The fourth-order valence-electron chi connectivity index (χ4n) is 3.25. The molecule has 0 unspecified atom stereocenters. The van der Waals surface area contributed by atoms with Crippen LogP contribution in [0.25, 0.3) is 33.1 Å². The molecule has 2 aromatic heterocycles. The third-order valence-corrected chi connectivity index (χ3v) is 4.75. The number of nitrogens with two attached hydrogens (primary N) is 1. The summed E-state index contributed by atoms with van der Waals surface area (Å²) < 4.78 is 66.3. The van der Waals surface area contributed by atoms with Crippen molar-refractivity contribution in [3.63, 3.8) is 0 Å². The standard InChI is InChI=1S/C20H12F5N5O3/c1-7-12-14-13(10(21)6-11(31)15(14)22)16(27-18(12)29-28-7)8-2-4-9(5-3-8)17(26)30-33-19(32)20(23,24)25/h2-6,31H,1H3,(H2,26,30)(H,27,28,29). The molecule has 170 valence electrons. The molecule has 0 radical (unpaired) electrons. The van der Waals surface area contributed by atoms with Gasteiger partial charge in [-0.1, -0.05) is 29.4 Å². The van der Waals surface area contributed by atoms with Crippen molar-refractivity contribution in [1.82, 2.24) is 15.2 Å². The van der Waals surface area contributed by atoms with Gasteiger partial charge in [-0.2, -0.15) is 18.3 Å². The number of carbonyl (C=O) groups excluding carboxylic acids is 1. The number of amidine groups is 1. The van der Waals surface area contributed by atoms with Crippen molar-refractivity contribution >= 4 is 33.6 Å². The fourth-order valence-corrected chi connectivity index (χ4v) is 3.25. The van der Waals surface area contributed by atoms with Gasteiger partial charge in [-0.15, -0.1) is 0 Å². The number of phenols is 1. The maximum absolute atomic E-state index is 14.8. The number of oxime groups is 1. The smallest absolute Gasteiger partial charge is 0.493 e. The van der Waals surface area contributed by atoms with Crippen LogP contribution >= 0.6 is 0 Å². The highest BCUT2D eigenvalue weighted by atomic mass is 19.4. The molecule has 0 saturated heterocycles. The summed E-state index contributed by atoms with van der Waals surface area (Å²) in [5.41, 5.74) is 6.39. The van der Waals surface area contributed by atoms with Gasteiger partial charge < -0.3 is 15.7 Å². The Kier molecular flexibility index (Phi) is 5.11. The zero-order chi connectivity index (χ0) is 24.1. The van der Waals surface area contributed by atoms with E-state index in [4.69, 9.17) is 5.73 Å². The average Bonchev–Trinajstić information content (AvgIpc) is 3.14. The molecule has 4 N–H and O–H groups in total. The molecular weight excluding hydrogens is 453 g/mol. The second-order valence-electron chi connectivity index (χ2n) is 6.86. The minimum Gasteiger partial charge on any atom is -0.505 e. The fraction of sp³-hybridized carbons (Fsp3) is 0.100. The highest BCUT2D eigenvalue weighted by Gasteiger charge is 2.41. The van der Waals surface area contributed by atoms with Crippen molar-refractivity contribution in [2.24, 2.45) is 10.9 Å². The number of carbonyl (C=O) groups is 1. The number of nitrogens with one attached hydrogen (secondary N) is 1. The zero-order valence-electron chi connectivity index (χ0n) is 16.5. The number of nitrogens with zero attached hydrogens (tertiary/aromatic N) is 3. The van der Waals surface area contributed by atoms with Gasteiger partial charge >= 0.3 is 12.1 Å². The largest absolute Gasteiger partial charge is 0.505 e. The molecule has 4 rings (SSSR count). The van der Waals surface area contributed by atoms with Gasteiger partial charge in [0.05, 0.1) is 16.8 Å². The minimum absolute atomic E-state index is 0.00288. The molecule has 33 heavy (non-hydrogen) atoms. The molecule has 4 aromatic rings. The van der Waals surface area contributed by atoms with Crippen LogP contribution in [-0.2, 0) is 9.63 Å². The second-order valence-corrected chi connectivity index (χ2v) is 6.86. The number of halogens is 5. The highest BCUT2D eigenvalue weighted by molar-refractivity contribution is 6.12. The van der Waals surface area contributed by atoms with E-state index in [0.29, 0.717) is 11.8 Å². The molecule has 0 atom stereocenters. The van der Waals surface area contributed by atoms with E-state index in [-0.39, 0.29) is 38.6 Å². The quantitative estimate of drug-likeness (QED) is 0.139. The number of aromatic amines is 1. The second kappa shape index (κ2) is 7.69. The molecule has 0 amide bonds. The molecule has 2 aromatic carbocycles. The topological polar surface area (TPSA) is 126 Å². The predicted molar refractivity (Wildman–Crippen MR) is 106 cm³/mol. The van der Waals surface area contributed by atoms with Crippen LogP contribution < -0.4 is 5.73 Å². The van der Waals surface area contributed by atoms with Crippen LogP contribution in [0.15, 0.2) is 35.5 Å². The van der Waals surface area contributed by atoms with Gasteiger partial charge in [0.1, 0.15) is 5.82 Å². The molecule has 8 nitrogen and oxygen atoms in total. The van der Waals surface area contributed by atoms with Gasteiger partial charge in [0.25, 0.3) is 0 Å². The Balaban J connectivity index is 1.82. The van der Waals surface area contributed by atoms with Gasteiger partial charge in [0, 0.05) is 28.0 Å². The Bertz CT molecular complexity index is 1450. The molecule has 0 saturated carbocycles. The Morgan fingerprint density at radius 2 is 1.82 bits per heavy atom.